The van der Waals surface area contributed by atoms with Gasteiger partial charge >= 0.3 is 18.0 Å². The zero-order valence-corrected chi connectivity index (χ0v) is 19.9. The molecule has 5 atom stereocenters. The molecule has 1 fully saturated rings. The number of carbonyl (C=O) groups excluding carboxylic acids is 4. The van der Waals surface area contributed by atoms with E-state index in [1.54, 1.807) is 31.7 Å². The maximum Gasteiger partial charge on any atom is 0.407 e. The van der Waals surface area contributed by atoms with Crippen LogP contribution in [-0.2, 0) is 28.6 Å². The first kappa shape index (κ1) is 25.7. The number of fused-ring (bicyclic) bond motifs is 4. The lowest BCUT2D eigenvalue weighted by atomic mass is 9.77. The second-order valence-electron chi connectivity index (χ2n) is 9.39. The molecular weight excluding hydrogens is 416 g/mol. The fraction of sp³-hybridized carbons (Fsp3) is 0.739. The van der Waals surface area contributed by atoms with Gasteiger partial charge in [0.25, 0.3) is 0 Å². The van der Waals surface area contributed by atoms with Gasteiger partial charge in [-0.2, -0.15) is 0 Å². The number of alkyl carbamates (subject to hydrolysis) is 1. The van der Waals surface area contributed by atoms with Gasteiger partial charge in [-0.05, 0) is 27.2 Å². The van der Waals surface area contributed by atoms with Crippen LogP contribution in [0.5, 0.6) is 0 Å². The average molecular weight is 453 g/mol. The van der Waals surface area contributed by atoms with E-state index in [0.29, 0.717) is 6.54 Å². The summed E-state index contributed by atoms with van der Waals surface area (Å²) in [6, 6.07) is -1.03. The van der Waals surface area contributed by atoms with Gasteiger partial charge in [0, 0.05) is 26.8 Å². The Morgan fingerprint density at radius 3 is 2.41 bits per heavy atom. The molecule has 0 saturated carbocycles. The minimum atomic E-state index is -0.705. The van der Waals surface area contributed by atoms with E-state index in [0.717, 1.165) is 12.8 Å². The Morgan fingerprint density at radius 2 is 1.84 bits per heavy atom. The van der Waals surface area contributed by atoms with Gasteiger partial charge in [0.2, 0.25) is 5.91 Å². The van der Waals surface area contributed by atoms with Crippen molar-refractivity contribution in [3.63, 3.8) is 0 Å². The number of hydrogen-bond acceptors (Lipinski definition) is 7. The maximum absolute atomic E-state index is 13.4. The first-order valence-electron chi connectivity index (χ1n) is 11.2. The highest BCUT2D eigenvalue weighted by atomic mass is 16.6. The summed E-state index contributed by atoms with van der Waals surface area (Å²) in [5.41, 5.74) is -0.705. The van der Waals surface area contributed by atoms with Crippen molar-refractivity contribution in [1.82, 2.24) is 10.2 Å². The summed E-state index contributed by atoms with van der Waals surface area (Å²) in [6.07, 6.45) is 4.27. The van der Waals surface area contributed by atoms with Gasteiger partial charge in [0.15, 0.2) is 0 Å². The fourth-order valence-electron chi connectivity index (χ4n) is 4.19. The van der Waals surface area contributed by atoms with Crippen molar-refractivity contribution in [3.05, 3.63) is 12.2 Å². The van der Waals surface area contributed by atoms with Crippen molar-refractivity contribution in [2.45, 2.75) is 84.6 Å². The van der Waals surface area contributed by atoms with Crippen molar-refractivity contribution in [3.8, 4) is 0 Å². The van der Waals surface area contributed by atoms with Crippen molar-refractivity contribution in [1.29, 1.82) is 0 Å². The number of amides is 2. The smallest absolute Gasteiger partial charge is 0.407 e. The summed E-state index contributed by atoms with van der Waals surface area (Å²) in [4.78, 5) is 51.1. The fourth-order valence-corrected chi connectivity index (χ4v) is 4.19. The molecule has 2 aliphatic heterocycles. The highest BCUT2D eigenvalue weighted by molar-refractivity contribution is 5.84. The Labute approximate surface area is 189 Å². The molecule has 0 unspecified atom stereocenters. The Balaban J connectivity index is 2.43. The van der Waals surface area contributed by atoms with E-state index in [4.69, 9.17) is 14.2 Å². The molecule has 0 aromatic carbocycles. The molecule has 0 spiro atoms. The van der Waals surface area contributed by atoms with Gasteiger partial charge < -0.3 is 24.4 Å². The summed E-state index contributed by atoms with van der Waals surface area (Å²) in [6.45, 7) is 10.4. The molecule has 9 nitrogen and oxygen atoms in total. The first-order valence-corrected chi connectivity index (χ1v) is 11.2. The van der Waals surface area contributed by atoms with Crippen molar-refractivity contribution in [2.75, 3.05) is 13.2 Å². The largest absolute Gasteiger partial charge is 0.465 e. The van der Waals surface area contributed by atoms with E-state index in [1.165, 1.54) is 13.8 Å². The van der Waals surface area contributed by atoms with E-state index in [-0.39, 0.29) is 25.0 Å². The third kappa shape index (κ3) is 6.97. The number of rotatable bonds is 7. The minimum Gasteiger partial charge on any atom is -0.465 e. The number of esters is 2. The summed E-state index contributed by atoms with van der Waals surface area (Å²) < 4.78 is 16.3. The van der Waals surface area contributed by atoms with Crippen LogP contribution in [0.3, 0.4) is 0 Å². The van der Waals surface area contributed by atoms with E-state index in [1.807, 2.05) is 13.0 Å². The Bertz CT molecular complexity index is 743. The first-order chi connectivity index (χ1) is 14.9. The molecule has 1 aliphatic carbocycles. The molecule has 9 heteroatoms. The molecule has 1 saturated heterocycles. The zero-order chi connectivity index (χ0) is 24.1. The van der Waals surface area contributed by atoms with Gasteiger partial charge in [0.05, 0.1) is 30.5 Å². The molecule has 0 aromatic rings. The standard InChI is InChI=1S/C23H36N2O7/c1-7-8-11-25-19-10-9-16(21(25)28)18(24-22(29)32-23(4,5)6)12-20(31-15(3)27)17(19)13-30-14(2)26/h9-10,16-20H,7-8,11-13H2,1-6H3,(H,24,29)/t16-,17+,18+,19+,20+/m0/s1. The molecule has 3 aliphatic rings. The maximum atomic E-state index is 13.4. The molecule has 1 N–H and O–H groups in total. The van der Waals surface area contributed by atoms with Crippen LogP contribution in [0, 0.1) is 11.8 Å². The quantitative estimate of drug-likeness (QED) is 0.359. The molecule has 0 radical (unpaired) electrons. The lowest BCUT2D eigenvalue weighted by Gasteiger charge is -2.46. The summed E-state index contributed by atoms with van der Waals surface area (Å²) in [7, 11) is 0. The third-order valence-electron chi connectivity index (χ3n) is 5.53. The van der Waals surface area contributed by atoms with Gasteiger partial charge in [-0.1, -0.05) is 25.5 Å². The molecule has 2 heterocycles. The molecular formula is C23H36N2O7. The Morgan fingerprint density at radius 1 is 1.16 bits per heavy atom. The lowest BCUT2D eigenvalue weighted by Crippen LogP contribution is -2.61. The molecule has 0 aromatic heterocycles. The second kappa shape index (κ2) is 10.8. The van der Waals surface area contributed by atoms with Crippen LogP contribution in [-0.4, -0.2) is 65.8 Å². The third-order valence-corrected chi connectivity index (χ3v) is 5.53. The molecule has 32 heavy (non-hydrogen) atoms. The van der Waals surface area contributed by atoms with Gasteiger partial charge in [-0.15, -0.1) is 0 Å². The number of hydrogen-bond donors (Lipinski definition) is 1. The summed E-state index contributed by atoms with van der Waals surface area (Å²) in [5.74, 6) is -2.12. The number of unbranched alkanes of at least 4 members (excludes halogenated alkanes) is 1. The van der Waals surface area contributed by atoms with Crippen molar-refractivity contribution < 1.29 is 33.4 Å². The Hall–Kier alpha value is -2.58. The molecule has 2 amide bonds. The molecule has 180 valence electrons. The molecule has 2 bridgehead atoms. The highest BCUT2D eigenvalue weighted by Crippen LogP contribution is 2.35. The topological polar surface area (TPSA) is 111 Å². The van der Waals surface area contributed by atoms with E-state index < -0.39 is 47.6 Å². The van der Waals surface area contributed by atoms with Gasteiger partial charge in [0.1, 0.15) is 11.7 Å². The van der Waals surface area contributed by atoms with Crippen LogP contribution in [0.25, 0.3) is 0 Å². The highest BCUT2D eigenvalue weighted by Gasteiger charge is 2.47. The van der Waals surface area contributed by atoms with E-state index >= 15 is 0 Å². The van der Waals surface area contributed by atoms with E-state index in [9.17, 15) is 19.2 Å². The van der Waals surface area contributed by atoms with Crippen LogP contribution in [0.15, 0.2) is 12.2 Å². The van der Waals surface area contributed by atoms with E-state index in [2.05, 4.69) is 5.32 Å². The number of ether oxygens (including phenoxy) is 3. The predicted octanol–water partition coefficient (Wildman–Crippen LogP) is 2.58. The zero-order valence-electron chi connectivity index (χ0n) is 19.9. The van der Waals surface area contributed by atoms with Crippen LogP contribution < -0.4 is 5.32 Å². The predicted molar refractivity (Wildman–Crippen MR) is 116 cm³/mol. The van der Waals surface area contributed by atoms with Crippen molar-refractivity contribution in [2.24, 2.45) is 11.8 Å². The molecule has 3 rings (SSSR count). The summed E-state index contributed by atoms with van der Waals surface area (Å²) in [5, 5.41) is 2.81. The number of nitrogens with one attached hydrogen (secondary N) is 1. The average Bonchev–Trinajstić information content (AvgIpc) is 2.63. The van der Waals surface area contributed by atoms with Crippen LogP contribution in [0.4, 0.5) is 4.79 Å². The summed E-state index contributed by atoms with van der Waals surface area (Å²) >= 11 is 0. The van der Waals surface area contributed by atoms with Crippen molar-refractivity contribution >= 4 is 23.9 Å². The SMILES string of the molecule is CCCCN1C(=O)[C@H]2C=C[C@@H]1[C@@H](COC(C)=O)[C@H](OC(C)=O)C[C@H]2NC(=O)OC(C)(C)C. The lowest BCUT2D eigenvalue weighted by molar-refractivity contribution is -0.160. The van der Waals surface area contributed by atoms with Crippen LogP contribution in [0.2, 0.25) is 0 Å². The Kier molecular flexibility index (Phi) is 8.69. The number of nitrogens with zero attached hydrogens (tertiary/aromatic N) is 1. The second-order valence-corrected chi connectivity index (χ2v) is 9.39. The normalized spacial score (nSPS) is 27.4. The van der Waals surface area contributed by atoms with Gasteiger partial charge in [-0.3, -0.25) is 14.4 Å². The monoisotopic (exact) mass is 452 g/mol. The number of carbonyl (C=O) groups is 4. The van der Waals surface area contributed by atoms with Crippen LogP contribution in [0.1, 0.15) is 60.8 Å². The van der Waals surface area contributed by atoms with Crippen LogP contribution >= 0.6 is 0 Å². The van der Waals surface area contributed by atoms with Gasteiger partial charge in [-0.25, -0.2) is 4.79 Å². The minimum absolute atomic E-state index is 0.0119.